The first-order valence-corrected chi connectivity index (χ1v) is 14.3. The highest BCUT2D eigenvalue weighted by Gasteiger charge is 2.30. The quantitative estimate of drug-likeness (QED) is 0.243. The molecule has 0 radical (unpaired) electrons. The van der Waals surface area contributed by atoms with Gasteiger partial charge in [-0.1, -0.05) is 17.8 Å². The van der Waals surface area contributed by atoms with E-state index in [0.717, 1.165) is 44.0 Å². The average molecular weight is 712 g/mol. The second-order valence-corrected chi connectivity index (χ2v) is 11.1. The molecule has 2 aromatic rings. The van der Waals surface area contributed by atoms with E-state index in [2.05, 4.69) is 50.6 Å². The van der Waals surface area contributed by atoms with Crippen LogP contribution in [0.25, 0.3) is 0 Å². The van der Waals surface area contributed by atoms with E-state index < -0.39 is 23.9 Å². The molecule has 0 amide bonds. The molecular formula is C28H26FIN2O9S-4. The molecule has 14 heteroatoms. The Bertz CT molecular complexity index is 1260. The van der Waals surface area contributed by atoms with E-state index in [-0.39, 0.29) is 12.4 Å². The Kier molecular flexibility index (Phi) is 14.6. The van der Waals surface area contributed by atoms with Crippen LogP contribution >= 0.6 is 34.4 Å². The van der Waals surface area contributed by atoms with Crippen molar-refractivity contribution >= 4 is 58.2 Å². The Morgan fingerprint density at radius 2 is 1.40 bits per heavy atom. The zero-order valence-electron chi connectivity index (χ0n) is 22.1. The molecule has 0 spiro atoms. The largest absolute Gasteiger partial charge is 0.545 e. The number of carbonyl (C=O) groups excluding carboxylic acids is 4. The van der Waals surface area contributed by atoms with Crippen LogP contribution in [0.2, 0.25) is 0 Å². The number of fused-ring (bicyclic) bond motifs is 2. The van der Waals surface area contributed by atoms with Crippen LogP contribution in [0, 0.1) is 9.39 Å². The molecule has 0 aromatic heterocycles. The second-order valence-electron chi connectivity index (χ2n) is 8.80. The summed E-state index contributed by atoms with van der Waals surface area (Å²) in [7, 11) is 0. The van der Waals surface area contributed by atoms with Gasteiger partial charge in [0.15, 0.2) is 0 Å². The van der Waals surface area contributed by atoms with Crippen molar-refractivity contribution in [2.24, 2.45) is 0 Å². The molecule has 226 valence electrons. The Hall–Kier alpha value is -3.31. The first-order valence-electron chi connectivity index (χ1n) is 12.4. The lowest BCUT2D eigenvalue weighted by molar-refractivity contribution is -0.301. The molecule has 42 heavy (non-hydrogen) atoms. The minimum atomic E-state index is -1.55. The number of hydrogen-bond acceptors (Lipinski definition) is 12. The van der Waals surface area contributed by atoms with Gasteiger partial charge in [0.05, 0.1) is 30.5 Å². The third-order valence-electron chi connectivity index (χ3n) is 5.97. The summed E-state index contributed by atoms with van der Waals surface area (Å²) >= 11 is 4.06. The summed E-state index contributed by atoms with van der Waals surface area (Å²) in [5.41, 5.74) is 2.58. The summed E-state index contributed by atoms with van der Waals surface area (Å²) in [5.74, 6) is -6.36. The number of benzene rings is 2. The summed E-state index contributed by atoms with van der Waals surface area (Å²) in [6.07, 6.45) is 2.45. The monoisotopic (exact) mass is 712 g/mol. The van der Waals surface area contributed by atoms with Crippen LogP contribution < -0.4 is 20.4 Å². The van der Waals surface area contributed by atoms with Crippen LogP contribution in [0.1, 0.15) is 17.2 Å². The van der Waals surface area contributed by atoms with Gasteiger partial charge in [-0.15, -0.1) is 0 Å². The van der Waals surface area contributed by atoms with Gasteiger partial charge in [-0.25, -0.2) is 4.39 Å². The van der Waals surface area contributed by atoms with Crippen molar-refractivity contribution in [1.29, 1.82) is 0 Å². The van der Waals surface area contributed by atoms with Gasteiger partial charge in [0, 0.05) is 52.1 Å². The van der Waals surface area contributed by atoms with E-state index in [1.807, 2.05) is 6.07 Å². The van der Waals surface area contributed by atoms with E-state index >= 15 is 0 Å². The molecule has 1 N–H and O–H groups in total. The fraction of sp³-hybridized carbons (Fsp3) is 0.286. The number of aliphatic hydroxyl groups is 1. The number of carbonyl (C=O) groups is 4. The van der Waals surface area contributed by atoms with E-state index in [1.54, 1.807) is 23.9 Å². The number of aliphatic carboxylic acids is 4. The average Bonchev–Trinajstić information content (AvgIpc) is 3.08. The third kappa shape index (κ3) is 12.3. The Morgan fingerprint density at radius 3 is 1.90 bits per heavy atom. The molecule has 2 heterocycles. The van der Waals surface area contributed by atoms with Crippen molar-refractivity contribution < 1.29 is 49.1 Å². The highest BCUT2D eigenvalue weighted by Crippen LogP contribution is 2.43. The number of halogens is 2. The lowest BCUT2D eigenvalue weighted by Gasteiger charge is -2.39. The van der Waals surface area contributed by atoms with Crippen LogP contribution in [0.5, 0.6) is 0 Å². The van der Waals surface area contributed by atoms with E-state index in [4.69, 9.17) is 0 Å². The molecule has 0 saturated carbocycles. The Morgan fingerprint density at radius 1 is 0.857 bits per heavy atom. The maximum Gasteiger partial charge on any atom is 0.124 e. The van der Waals surface area contributed by atoms with Crippen molar-refractivity contribution in [2.45, 2.75) is 22.3 Å². The van der Waals surface area contributed by atoms with Gasteiger partial charge in [0.2, 0.25) is 0 Å². The lowest BCUT2D eigenvalue weighted by Crippen LogP contribution is -2.48. The molecule has 1 unspecified atom stereocenters. The van der Waals surface area contributed by atoms with Gasteiger partial charge >= 0.3 is 0 Å². The van der Waals surface area contributed by atoms with Gasteiger partial charge in [-0.2, -0.15) is 0 Å². The van der Waals surface area contributed by atoms with Gasteiger partial charge in [-0.3, -0.25) is 9.80 Å². The number of hydrogen-bond donors (Lipinski definition) is 1. The summed E-state index contributed by atoms with van der Waals surface area (Å²) < 4.78 is 15.0. The van der Waals surface area contributed by atoms with Crippen molar-refractivity contribution in [3.63, 3.8) is 0 Å². The molecule has 0 aliphatic carbocycles. The number of aliphatic hydroxyl groups excluding tert-OH is 1. The highest BCUT2D eigenvalue weighted by molar-refractivity contribution is 14.1. The molecule has 2 aliphatic heterocycles. The van der Waals surface area contributed by atoms with Gasteiger partial charge < -0.3 is 44.7 Å². The molecule has 0 bridgehead atoms. The molecule has 2 aliphatic rings. The van der Waals surface area contributed by atoms with Gasteiger partial charge in [-0.05, 0) is 94.8 Å². The van der Waals surface area contributed by atoms with Crippen molar-refractivity contribution in [3.8, 4) is 0 Å². The fourth-order valence-electron chi connectivity index (χ4n) is 4.14. The number of β-amino-alcohol motifs (C(OH)–C–C–N with tert-alkyl or cyclic N) is 1. The fourth-order valence-corrected chi connectivity index (χ4v) is 5.79. The Labute approximate surface area is 259 Å². The van der Waals surface area contributed by atoms with Crippen molar-refractivity contribution in [2.75, 3.05) is 39.3 Å². The topological polar surface area (TPSA) is 187 Å². The number of carboxylic acids is 4. The van der Waals surface area contributed by atoms with Crippen LogP contribution in [-0.4, -0.2) is 78.1 Å². The van der Waals surface area contributed by atoms with Crippen molar-refractivity contribution in [3.05, 3.63) is 81.2 Å². The third-order valence-corrected chi connectivity index (χ3v) is 7.83. The number of rotatable bonds is 7. The normalized spacial score (nSPS) is 16.7. The Balaban J connectivity index is 0.000000319. The first kappa shape index (κ1) is 34.9. The maximum atomic E-state index is 13.8. The zero-order chi connectivity index (χ0) is 31.2. The summed E-state index contributed by atoms with van der Waals surface area (Å²) in [6.45, 7) is 4.94. The molecule has 2 aromatic carbocycles. The molecule has 1 saturated heterocycles. The first-order chi connectivity index (χ1) is 19.9. The molecule has 4 rings (SSSR count). The summed E-state index contributed by atoms with van der Waals surface area (Å²) in [4.78, 5) is 44.8. The molecule has 11 nitrogen and oxygen atoms in total. The van der Waals surface area contributed by atoms with Crippen LogP contribution in [0.15, 0.2) is 70.5 Å². The molecule has 1 fully saturated rings. The molecule has 1 atom stereocenters. The van der Waals surface area contributed by atoms with Gasteiger partial charge in [0.1, 0.15) is 5.82 Å². The standard InChI is InChI=1S/C20H22FIN2OS.2C4H4O4/c21-15-2-1-14-11-18(24-7-5-23(6-8-24)9-10-25)17-13-16(22)3-4-19(17)26-20(14)12-15;2*5-3(6)1-2-4(7)8/h1-4,12-13,18,25H,5-11H2;2*1-2H,(H,5,6)(H,7,8)/p-4/b;2*2-1-. The van der Waals surface area contributed by atoms with Crippen LogP contribution in [0.4, 0.5) is 4.39 Å². The highest BCUT2D eigenvalue weighted by atomic mass is 127. The number of nitrogens with zero attached hydrogens (tertiary/aromatic N) is 2. The summed E-state index contributed by atoms with van der Waals surface area (Å²) in [5, 5.41) is 46.8. The maximum absolute atomic E-state index is 13.8. The summed E-state index contributed by atoms with van der Waals surface area (Å²) in [6, 6.07) is 12.1. The van der Waals surface area contributed by atoms with E-state index in [1.165, 1.54) is 19.6 Å². The number of carboxylic acid groups (broad SMARTS) is 4. The van der Waals surface area contributed by atoms with Crippen LogP contribution in [-0.2, 0) is 25.6 Å². The predicted octanol–water partition coefficient (Wildman–Crippen LogP) is -2.13. The predicted molar refractivity (Wildman–Crippen MR) is 150 cm³/mol. The SMILES string of the molecule is O=C([O-])/C=C\C(=O)[O-].O=C([O-])/C=C\C(=O)[O-].OCCN1CCN(C2Cc3ccc(F)cc3Sc3ccc(I)cc32)CC1. The number of piperazine rings is 1. The smallest absolute Gasteiger partial charge is 0.124 e. The van der Waals surface area contributed by atoms with E-state index in [0.29, 0.717) is 30.3 Å². The van der Waals surface area contributed by atoms with E-state index in [9.17, 15) is 49.1 Å². The van der Waals surface area contributed by atoms with Gasteiger partial charge in [0.25, 0.3) is 0 Å². The lowest BCUT2D eigenvalue weighted by atomic mass is 9.96. The minimum Gasteiger partial charge on any atom is -0.545 e. The van der Waals surface area contributed by atoms with Crippen LogP contribution in [0.3, 0.4) is 0 Å². The zero-order valence-corrected chi connectivity index (χ0v) is 25.0. The minimum absolute atomic E-state index is 0.167. The van der Waals surface area contributed by atoms with Crippen molar-refractivity contribution in [1.82, 2.24) is 9.80 Å². The molecular weight excluding hydrogens is 686 g/mol. The second kappa shape index (κ2) is 17.6.